The molecule has 1 heterocycles. The molecule has 1 aromatic carbocycles. The van der Waals surface area contributed by atoms with Crippen molar-refractivity contribution >= 4 is 33.2 Å². The standard InChI is InChI=1S/C11H16N4O4S2/c12-14-10-5-9(1-2-11(10)15(16)17)21(18,19)13-6-8-3-4-20-7-8/h1-2,5,8,13-14H,3-4,6-7,12H2. The van der Waals surface area contributed by atoms with Crippen molar-refractivity contribution in [1.29, 1.82) is 0 Å². The molecule has 0 saturated carbocycles. The third-order valence-electron chi connectivity index (χ3n) is 3.22. The van der Waals surface area contributed by atoms with Crippen molar-refractivity contribution in [3.8, 4) is 0 Å². The number of nitro groups is 1. The van der Waals surface area contributed by atoms with E-state index in [2.05, 4.69) is 10.1 Å². The average Bonchev–Trinajstić information content (AvgIpc) is 2.97. The molecule has 1 unspecified atom stereocenters. The Labute approximate surface area is 126 Å². The van der Waals surface area contributed by atoms with E-state index in [1.54, 1.807) is 11.8 Å². The van der Waals surface area contributed by atoms with Gasteiger partial charge >= 0.3 is 0 Å². The molecule has 10 heteroatoms. The van der Waals surface area contributed by atoms with Gasteiger partial charge in [-0.15, -0.1) is 0 Å². The zero-order valence-corrected chi connectivity index (χ0v) is 12.7. The van der Waals surface area contributed by atoms with Crippen molar-refractivity contribution in [3.05, 3.63) is 28.3 Å². The molecule has 4 N–H and O–H groups in total. The Kier molecular flexibility index (Phi) is 5.04. The van der Waals surface area contributed by atoms with Crippen LogP contribution in [0.2, 0.25) is 0 Å². The summed E-state index contributed by atoms with van der Waals surface area (Å²) >= 11 is 1.80. The van der Waals surface area contributed by atoms with Gasteiger partial charge < -0.3 is 5.43 Å². The number of hydrogen-bond donors (Lipinski definition) is 3. The molecule has 1 aliphatic rings. The van der Waals surface area contributed by atoms with Crippen LogP contribution in [0.4, 0.5) is 11.4 Å². The van der Waals surface area contributed by atoms with Crippen LogP contribution in [0.3, 0.4) is 0 Å². The van der Waals surface area contributed by atoms with Gasteiger partial charge in [-0.3, -0.25) is 16.0 Å². The van der Waals surface area contributed by atoms with Crippen LogP contribution in [0.15, 0.2) is 23.1 Å². The van der Waals surface area contributed by atoms with Crippen LogP contribution in [0.1, 0.15) is 6.42 Å². The Morgan fingerprint density at radius 2 is 2.24 bits per heavy atom. The Hall–Kier alpha value is -1.36. The Morgan fingerprint density at radius 1 is 1.48 bits per heavy atom. The first-order chi connectivity index (χ1) is 9.94. The van der Waals surface area contributed by atoms with Crippen LogP contribution in [-0.2, 0) is 10.0 Å². The maximum absolute atomic E-state index is 12.2. The summed E-state index contributed by atoms with van der Waals surface area (Å²) in [6.45, 7) is 0.373. The molecule has 0 bridgehead atoms. The van der Waals surface area contributed by atoms with Crippen LogP contribution in [0.5, 0.6) is 0 Å². The maximum atomic E-state index is 12.2. The number of anilines is 1. The molecule has 0 aromatic heterocycles. The lowest BCUT2D eigenvalue weighted by molar-refractivity contribution is -0.384. The van der Waals surface area contributed by atoms with Crippen LogP contribution in [-0.4, -0.2) is 31.4 Å². The number of hydrogen-bond acceptors (Lipinski definition) is 7. The topological polar surface area (TPSA) is 127 Å². The molecule has 0 amide bonds. The van der Waals surface area contributed by atoms with Gasteiger partial charge in [0.15, 0.2) is 0 Å². The first-order valence-electron chi connectivity index (χ1n) is 6.26. The number of sulfonamides is 1. The summed E-state index contributed by atoms with van der Waals surface area (Å²) in [7, 11) is -3.70. The van der Waals surface area contributed by atoms with Crippen LogP contribution < -0.4 is 16.0 Å². The maximum Gasteiger partial charge on any atom is 0.293 e. The van der Waals surface area contributed by atoms with E-state index in [4.69, 9.17) is 5.84 Å². The van der Waals surface area contributed by atoms with E-state index in [0.29, 0.717) is 12.5 Å². The van der Waals surface area contributed by atoms with E-state index in [9.17, 15) is 18.5 Å². The van der Waals surface area contributed by atoms with Gasteiger partial charge in [0, 0.05) is 12.6 Å². The fourth-order valence-electron chi connectivity index (χ4n) is 2.01. The van der Waals surface area contributed by atoms with Crippen molar-refractivity contribution in [2.24, 2.45) is 11.8 Å². The predicted octanol–water partition coefficient (Wildman–Crippen LogP) is 0.912. The van der Waals surface area contributed by atoms with Gasteiger partial charge in [0.25, 0.3) is 5.69 Å². The number of nitrogen functional groups attached to an aromatic ring is 1. The second-order valence-electron chi connectivity index (χ2n) is 4.66. The lowest BCUT2D eigenvalue weighted by Gasteiger charge is -2.11. The number of hydrazine groups is 1. The first-order valence-corrected chi connectivity index (χ1v) is 8.90. The molecule has 21 heavy (non-hydrogen) atoms. The zero-order chi connectivity index (χ0) is 15.5. The van der Waals surface area contributed by atoms with Crippen molar-refractivity contribution in [2.75, 3.05) is 23.5 Å². The number of thioether (sulfide) groups is 1. The highest BCUT2D eigenvalue weighted by molar-refractivity contribution is 7.99. The molecule has 0 spiro atoms. The highest BCUT2D eigenvalue weighted by atomic mass is 32.2. The van der Waals surface area contributed by atoms with Crippen molar-refractivity contribution in [2.45, 2.75) is 11.3 Å². The van der Waals surface area contributed by atoms with Crippen LogP contribution in [0.25, 0.3) is 0 Å². The van der Waals surface area contributed by atoms with Gasteiger partial charge in [0.2, 0.25) is 10.0 Å². The minimum Gasteiger partial charge on any atom is -0.318 e. The molecule has 1 fully saturated rings. The highest BCUT2D eigenvalue weighted by Crippen LogP contribution is 2.27. The van der Waals surface area contributed by atoms with E-state index in [1.807, 2.05) is 0 Å². The summed E-state index contributed by atoms with van der Waals surface area (Å²) in [6, 6.07) is 3.48. The largest absolute Gasteiger partial charge is 0.318 e. The number of nitro benzene ring substituents is 1. The van der Waals surface area contributed by atoms with E-state index in [1.165, 1.54) is 6.07 Å². The third-order valence-corrected chi connectivity index (χ3v) is 5.87. The molecule has 1 saturated heterocycles. The lowest BCUT2D eigenvalue weighted by atomic mass is 10.1. The molecule has 116 valence electrons. The quantitative estimate of drug-likeness (QED) is 0.401. The minimum absolute atomic E-state index is 0.0423. The minimum atomic E-state index is -3.70. The third kappa shape index (κ3) is 3.84. The molecule has 0 aliphatic carbocycles. The molecule has 0 radical (unpaired) electrons. The Bertz CT molecular complexity index is 629. The van der Waals surface area contributed by atoms with Gasteiger partial charge in [0.1, 0.15) is 5.69 Å². The molecular weight excluding hydrogens is 316 g/mol. The molecule has 1 aliphatic heterocycles. The molecule has 1 aromatic rings. The van der Waals surface area contributed by atoms with E-state index >= 15 is 0 Å². The van der Waals surface area contributed by atoms with Gasteiger partial charge in [-0.1, -0.05) is 0 Å². The van der Waals surface area contributed by atoms with Gasteiger partial charge in [-0.05, 0) is 36.0 Å². The lowest BCUT2D eigenvalue weighted by Crippen LogP contribution is -2.29. The van der Waals surface area contributed by atoms with Gasteiger partial charge in [-0.2, -0.15) is 11.8 Å². The van der Waals surface area contributed by atoms with E-state index in [-0.39, 0.29) is 16.3 Å². The molecule has 8 nitrogen and oxygen atoms in total. The number of rotatable bonds is 6. The summed E-state index contributed by atoms with van der Waals surface area (Å²) in [5.41, 5.74) is 1.83. The molecular formula is C11H16N4O4S2. The predicted molar refractivity (Wildman–Crippen MR) is 81.5 cm³/mol. The number of nitrogens with one attached hydrogen (secondary N) is 2. The van der Waals surface area contributed by atoms with Crippen molar-refractivity contribution in [3.63, 3.8) is 0 Å². The normalized spacial score (nSPS) is 18.6. The van der Waals surface area contributed by atoms with Gasteiger partial charge in [-0.25, -0.2) is 13.1 Å². The highest BCUT2D eigenvalue weighted by Gasteiger charge is 2.22. The smallest absolute Gasteiger partial charge is 0.293 e. The summed E-state index contributed by atoms with van der Waals surface area (Å²) in [4.78, 5) is 10.1. The monoisotopic (exact) mass is 332 g/mol. The Balaban J connectivity index is 2.17. The summed E-state index contributed by atoms with van der Waals surface area (Å²) in [6.07, 6.45) is 0.989. The van der Waals surface area contributed by atoms with Crippen molar-refractivity contribution in [1.82, 2.24) is 4.72 Å². The molecule has 2 rings (SSSR count). The second kappa shape index (κ2) is 6.60. The second-order valence-corrected chi connectivity index (χ2v) is 7.58. The van der Waals surface area contributed by atoms with Crippen LogP contribution >= 0.6 is 11.8 Å². The van der Waals surface area contributed by atoms with Crippen LogP contribution in [0, 0.1) is 16.0 Å². The van der Waals surface area contributed by atoms with E-state index < -0.39 is 14.9 Å². The average molecular weight is 332 g/mol. The number of nitrogens with two attached hydrogens (primary N) is 1. The van der Waals surface area contributed by atoms with E-state index in [0.717, 1.165) is 30.1 Å². The fourth-order valence-corrected chi connectivity index (χ4v) is 4.44. The first kappa shape index (κ1) is 16.0. The summed E-state index contributed by atoms with van der Waals surface area (Å²) in [5.74, 6) is 7.52. The summed E-state index contributed by atoms with van der Waals surface area (Å²) < 4.78 is 26.9. The SMILES string of the molecule is NNc1cc(S(=O)(=O)NCC2CCSC2)ccc1[N+](=O)[O-]. The zero-order valence-electron chi connectivity index (χ0n) is 11.1. The molecule has 1 atom stereocenters. The number of nitrogens with zero attached hydrogens (tertiary/aromatic N) is 1. The summed E-state index contributed by atoms with van der Waals surface area (Å²) in [5, 5.41) is 10.8. The number of benzene rings is 1. The van der Waals surface area contributed by atoms with Gasteiger partial charge in [0.05, 0.1) is 9.82 Å². The van der Waals surface area contributed by atoms with Crippen molar-refractivity contribution < 1.29 is 13.3 Å². The fraction of sp³-hybridized carbons (Fsp3) is 0.455. The Morgan fingerprint density at radius 3 is 2.81 bits per heavy atom.